The van der Waals surface area contributed by atoms with Crippen LogP contribution in [0, 0.1) is 23.0 Å². The number of aryl methyl sites for hydroxylation is 1. The van der Waals surface area contributed by atoms with Gasteiger partial charge >= 0.3 is 5.97 Å². The van der Waals surface area contributed by atoms with Gasteiger partial charge in [-0.2, -0.15) is 4.72 Å². The number of fused-ring (bicyclic) bond motifs is 1. The van der Waals surface area contributed by atoms with Crippen molar-refractivity contribution in [1.29, 1.82) is 0 Å². The highest BCUT2D eigenvalue weighted by Gasteiger charge is 2.39. The van der Waals surface area contributed by atoms with Gasteiger partial charge in [-0.3, -0.25) is 9.78 Å². The number of likely N-dealkylation sites (tertiary alicyclic amines) is 1. The van der Waals surface area contributed by atoms with Gasteiger partial charge in [0.15, 0.2) is 5.03 Å². The van der Waals surface area contributed by atoms with Crippen molar-refractivity contribution in [3.8, 4) is 0 Å². The number of sulfonamides is 1. The number of hydrazine groups is 1. The average molecular weight is 578 g/mol. The van der Waals surface area contributed by atoms with Gasteiger partial charge in [0.05, 0.1) is 12.1 Å². The van der Waals surface area contributed by atoms with Gasteiger partial charge in [-0.15, -0.1) is 0 Å². The summed E-state index contributed by atoms with van der Waals surface area (Å²) in [4.78, 5) is 46.5. The first kappa shape index (κ1) is 30.7. The van der Waals surface area contributed by atoms with E-state index in [1.54, 1.807) is 30.7 Å². The Morgan fingerprint density at radius 2 is 2.12 bits per heavy atom. The van der Waals surface area contributed by atoms with Gasteiger partial charge in [0.25, 0.3) is 5.96 Å². The summed E-state index contributed by atoms with van der Waals surface area (Å²) in [5.74, 6) is -1.36. The number of aliphatic imine (C=N–C) groups is 1. The summed E-state index contributed by atoms with van der Waals surface area (Å²) in [6, 6.07) is 4.46. The minimum absolute atomic E-state index is 0.00773. The Morgan fingerprint density at radius 3 is 2.83 bits per heavy atom. The number of pyridine rings is 1. The van der Waals surface area contributed by atoms with Crippen LogP contribution in [-0.2, 0) is 24.3 Å². The molecule has 1 aliphatic heterocycles. The molecule has 0 aliphatic carbocycles. The number of nitrogens with zero attached hydrogens (tertiary/aromatic N) is 4. The van der Waals surface area contributed by atoms with Gasteiger partial charge < -0.3 is 15.4 Å². The van der Waals surface area contributed by atoms with E-state index in [0.29, 0.717) is 18.2 Å². The molecule has 0 bridgehead atoms. The fourth-order valence-corrected chi connectivity index (χ4v) is 6.04. The van der Waals surface area contributed by atoms with Gasteiger partial charge in [0.1, 0.15) is 17.0 Å². The van der Waals surface area contributed by atoms with E-state index in [2.05, 4.69) is 14.7 Å². The van der Waals surface area contributed by atoms with Crippen LogP contribution in [0.4, 0.5) is 0 Å². The minimum Gasteiger partial charge on any atom is -0.464 e. The molecular formula is C25H35N7O7S. The van der Waals surface area contributed by atoms with Crippen molar-refractivity contribution in [3.63, 3.8) is 0 Å². The molecule has 0 unspecified atom stereocenters. The zero-order chi connectivity index (χ0) is 29.4. The lowest BCUT2D eigenvalue weighted by atomic mass is 9.91. The number of para-hydroxylation sites is 1. The molecule has 0 radical (unpaired) electrons. The third kappa shape index (κ3) is 7.85. The molecule has 3 atom stereocenters. The maximum atomic E-state index is 13.8. The molecule has 0 saturated carbocycles. The third-order valence-corrected chi connectivity index (χ3v) is 8.04. The second kappa shape index (κ2) is 13.5. The second-order valence-corrected chi connectivity index (χ2v) is 11.4. The fraction of sp³-hybridized carbons (Fsp3) is 0.520. The van der Waals surface area contributed by atoms with Crippen LogP contribution in [0.25, 0.3) is 10.9 Å². The summed E-state index contributed by atoms with van der Waals surface area (Å²) in [5.41, 5.74) is 8.30. The van der Waals surface area contributed by atoms with Crippen LogP contribution >= 0.6 is 0 Å². The molecule has 40 heavy (non-hydrogen) atoms. The highest BCUT2D eigenvalue weighted by atomic mass is 32.2. The van der Waals surface area contributed by atoms with E-state index in [-0.39, 0.29) is 48.9 Å². The number of aromatic nitrogens is 1. The molecule has 2 heterocycles. The Morgan fingerprint density at radius 1 is 1.38 bits per heavy atom. The molecule has 218 valence electrons. The number of ether oxygens (including phenoxy) is 1. The number of carbonyl (C=O) groups is 2. The van der Waals surface area contributed by atoms with Crippen LogP contribution < -0.4 is 15.9 Å². The molecule has 1 saturated heterocycles. The van der Waals surface area contributed by atoms with E-state index < -0.39 is 45.0 Å². The van der Waals surface area contributed by atoms with Crippen LogP contribution in [0.5, 0.6) is 0 Å². The smallest absolute Gasteiger partial charge is 0.328 e. The van der Waals surface area contributed by atoms with Crippen LogP contribution in [0.2, 0.25) is 0 Å². The quantitative estimate of drug-likeness (QED) is 0.0872. The molecule has 1 fully saturated rings. The summed E-state index contributed by atoms with van der Waals surface area (Å²) in [6.45, 7) is 5.89. The number of nitrogens with one attached hydrogen (secondary N) is 2. The van der Waals surface area contributed by atoms with Crippen molar-refractivity contribution >= 4 is 38.8 Å². The van der Waals surface area contributed by atoms with Crippen molar-refractivity contribution in [1.82, 2.24) is 20.0 Å². The topological polar surface area (TPSA) is 199 Å². The van der Waals surface area contributed by atoms with Crippen molar-refractivity contribution in [2.75, 3.05) is 19.7 Å². The zero-order valence-electron chi connectivity index (χ0n) is 22.7. The third-order valence-electron chi connectivity index (χ3n) is 6.54. The lowest BCUT2D eigenvalue weighted by Crippen LogP contribution is -2.56. The summed E-state index contributed by atoms with van der Waals surface area (Å²) in [7, 11) is -4.25. The number of hydrogen-bond acceptors (Lipinski definition) is 9. The molecule has 1 aromatic carbocycles. The monoisotopic (exact) mass is 577 g/mol. The minimum atomic E-state index is -4.25. The lowest BCUT2D eigenvalue weighted by Gasteiger charge is -2.38. The molecule has 1 aromatic heterocycles. The average Bonchev–Trinajstić information content (AvgIpc) is 2.89. The Kier molecular flexibility index (Phi) is 10.3. The number of benzene rings is 1. The second-order valence-electron chi connectivity index (χ2n) is 9.72. The van der Waals surface area contributed by atoms with Gasteiger partial charge in [-0.05, 0) is 63.1 Å². The van der Waals surface area contributed by atoms with Crippen LogP contribution in [-0.4, -0.2) is 73.0 Å². The van der Waals surface area contributed by atoms with E-state index in [4.69, 9.17) is 10.5 Å². The molecule has 0 spiro atoms. The molecule has 14 nitrogen and oxygen atoms in total. The molecule has 15 heteroatoms. The maximum Gasteiger partial charge on any atom is 0.328 e. The van der Waals surface area contributed by atoms with E-state index in [1.165, 1.54) is 11.0 Å². The van der Waals surface area contributed by atoms with Gasteiger partial charge in [-0.1, -0.05) is 24.5 Å². The van der Waals surface area contributed by atoms with Crippen LogP contribution in [0.1, 0.15) is 45.1 Å². The Balaban J connectivity index is 1.91. The lowest BCUT2D eigenvalue weighted by molar-refractivity contribution is -0.525. The number of hydrogen-bond donors (Lipinski definition) is 3. The van der Waals surface area contributed by atoms with Crippen molar-refractivity contribution in [2.45, 2.75) is 63.4 Å². The first-order valence-electron chi connectivity index (χ1n) is 13.0. The highest BCUT2D eigenvalue weighted by Crippen LogP contribution is 2.26. The summed E-state index contributed by atoms with van der Waals surface area (Å²) in [6.07, 6.45) is 2.75. The van der Waals surface area contributed by atoms with Gasteiger partial charge in [0, 0.05) is 24.7 Å². The largest absolute Gasteiger partial charge is 0.464 e. The van der Waals surface area contributed by atoms with E-state index in [0.717, 1.165) is 5.56 Å². The Bertz CT molecular complexity index is 1380. The normalized spacial score (nSPS) is 18.8. The number of guanidine groups is 1. The Labute approximate surface area is 232 Å². The van der Waals surface area contributed by atoms with Gasteiger partial charge in [-0.25, -0.2) is 28.3 Å². The molecule has 1 amide bonds. The van der Waals surface area contributed by atoms with E-state index in [9.17, 15) is 28.1 Å². The van der Waals surface area contributed by atoms with Crippen molar-refractivity contribution in [2.24, 2.45) is 16.6 Å². The number of esters is 1. The number of piperidine rings is 1. The zero-order valence-corrected chi connectivity index (χ0v) is 23.5. The number of nitro groups is 1. The first-order valence-corrected chi connectivity index (χ1v) is 14.5. The standard InChI is InChI=1S/C25H35N7O7S/c1-4-39-24(34)20-14-16(2)10-12-31(20)23(33)19(8-6-11-27-25(26)29-32(35)36)30-40(37,38)21-9-5-7-18-13-17(3)15-28-22(18)21/h5,7,9,13,15-16,19-20,30H,4,6,8,10-12,14H2,1-3H3,(H3,26,27,29)/t16-,19+,20+/m0/s1. The highest BCUT2D eigenvalue weighted by molar-refractivity contribution is 7.89. The number of amides is 1. The molecule has 3 rings (SSSR count). The number of rotatable bonds is 11. The number of carbonyl (C=O) groups excluding carboxylic acids is 2. The molecule has 2 aromatic rings. The first-order chi connectivity index (χ1) is 18.9. The van der Waals surface area contributed by atoms with Crippen molar-refractivity contribution in [3.05, 3.63) is 46.1 Å². The fourth-order valence-electron chi connectivity index (χ4n) is 4.63. The maximum absolute atomic E-state index is 13.8. The summed E-state index contributed by atoms with van der Waals surface area (Å²) < 4.78 is 35.0. The molecule has 4 N–H and O–H groups in total. The Hall–Kier alpha value is -3.85. The van der Waals surface area contributed by atoms with E-state index in [1.807, 2.05) is 19.9 Å². The number of nitrogens with two attached hydrogens (primary N) is 1. The predicted molar refractivity (Wildman–Crippen MR) is 147 cm³/mol. The SMILES string of the molecule is CCOC(=O)[C@H]1C[C@@H](C)CCN1C(=O)[C@@H](CCCN=C(N)N[N+](=O)[O-])NS(=O)(=O)c1cccc2cc(C)cnc12. The molecular weight excluding hydrogens is 542 g/mol. The summed E-state index contributed by atoms with van der Waals surface area (Å²) >= 11 is 0. The van der Waals surface area contributed by atoms with E-state index >= 15 is 0 Å². The van der Waals surface area contributed by atoms with Crippen molar-refractivity contribution < 1.29 is 27.8 Å². The van der Waals surface area contributed by atoms with Crippen LogP contribution in [0.15, 0.2) is 40.4 Å². The predicted octanol–water partition coefficient (Wildman–Crippen LogP) is 1.26. The van der Waals surface area contributed by atoms with Crippen LogP contribution in [0.3, 0.4) is 0 Å². The van der Waals surface area contributed by atoms with Gasteiger partial charge in [0.2, 0.25) is 15.9 Å². The summed E-state index contributed by atoms with van der Waals surface area (Å²) in [5, 5.41) is 10.3. The molecule has 1 aliphatic rings.